The largest absolute Gasteiger partial charge is 0.468 e. The first kappa shape index (κ1) is 24.6. The van der Waals surface area contributed by atoms with Crippen LogP contribution in [0.1, 0.15) is 47.1 Å². The monoisotopic (exact) mass is 428 g/mol. The van der Waals surface area contributed by atoms with Gasteiger partial charge in [-0.15, -0.1) is 0 Å². The van der Waals surface area contributed by atoms with E-state index >= 15 is 0 Å². The van der Waals surface area contributed by atoms with Gasteiger partial charge in [0.1, 0.15) is 11.5 Å². The minimum Gasteiger partial charge on any atom is -0.468 e. The molecule has 2 aromatic rings. The molecule has 0 fully saturated rings. The first-order valence-corrected chi connectivity index (χ1v) is 9.95. The molecule has 0 bridgehead atoms. The maximum absolute atomic E-state index is 12.6. The summed E-state index contributed by atoms with van der Waals surface area (Å²) in [5.74, 6) is 0.0949. The highest BCUT2D eigenvalue weighted by molar-refractivity contribution is 6.47. The van der Waals surface area contributed by atoms with Crippen LogP contribution in [0.25, 0.3) is 0 Å². The Morgan fingerprint density at radius 3 is 2.35 bits per heavy atom. The minimum absolute atomic E-state index is 0.236. The highest BCUT2D eigenvalue weighted by Crippen LogP contribution is 2.26. The fourth-order valence-corrected chi connectivity index (χ4v) is 2.60. The summed E-state index contributed by atoms with van der Waals surface area (Å²) < 4.78 is 12.1. The van der Waals surface area contributed by atoms with Crippen molar-refractivity contribution in [2.24, 2.45) is 7.05 Å². The maximum atomic E-state index is 12.6. The normalized spacial score (nSPS) is 12.4. The lowest BCUT2D eigenvalue weighted by atomic mass is 9.83. The molecule has 0 aromatic carbocycles. The van der Waals surface area contributed by atoms with E-state index in [0.29, 0.717) is 22.5 Å². The van der Waals surface area contributed by atoms with E-state index in [9.17, 15) is 14.7 Å². The second kappa shape index (κ2) is 8.84. The number of hydrogen-bond donors (Lipinski definition) is 2. The van der Waals surface area contributed by atoms with E-state index < -0.39 is 16.6 Å². The number of carbonyl (C=O) groups is 1. The molecule has 0 amide bonds. The molecule has 0 saturated heterocycles. The Balaban J connectivity index is 2.24. The Morgan fingerprint density at radius 2 is 1.84 bits per heavy atom. The first-order chi connectivity index (χ1) is 14.2. The number of nitrogens with one attached hydrogen (secondary N) is 1. The van der Waals surface area contributed by atoms with Crippen molar-refractivity contribution < 1.29 is 19.3 Å². The summed E-state index contributed by atoms with van der Waals surface area (Å²) in [6, 6.07) is 5.11. The first-order valence-electron chi connectivity index (χ1n) is 9.95. The van der Waals surface area contributed by atoms with Gasteiger partial charge in [0.05, 0.1) is 23.7 Å². The molecule has 31 heavy (non-hydrogen) atoms. The zero-order valence-electron chi connectivity index (χ0n) is 19.4. The molecular formula is C22H31BN3O5. The molecule has 9 heteroatoms. The van der Waals surface area contributed by atoms with E-state index in [1.54, 1.807) is 79.2 Å². The fraction of sp³-hybridized carbons (Fsp3) is 0.500. The van der Waals surface area contributed by atoms with Crippen LogP contribution in [0.15, 0.2) is 35.4 Å². The van der Waals surface area contributed by atoms with Crippen LogP contribution < -0.4 is 16.3 Å². The van der Waals surface area contributed by atoms with Crippen LogP contribution in [0.5, 0.6) is 0 Å². The molecule has 2 rings (SSSR count). The van der Waals surface area contributed by atoms with Crippen LogP contribution in [-0.4, -0.2) is 46.4 Å². The Kier molecular flexibility index (Phi) is 7.02. The van der Waals surface area contributed by atoms with Gasteiger partial charge in [0, 0.05) is 19.4 Å². The van der Waals surface area contributed by atoms with E-state index in [-0.39, 0.29) is 11.5 Å². The van der Waals surface area contributed by atoms with Gasteiger partial charge in [-0.2, -0.15) is 0 Å². The number of hydrogen-bond acceptors (Lipinski definition) is 7. The molecule has 1 radical (unpaired) electrons. The number of ether oxygens (including phenoxy) is 1. The lowest BCUT2D eigenvalue weighted by molar-refractivity contribution is -0.146. The van der Waals surface area contributed by atoms with Gasteiger partial charge in [0.15, 0.2) is 0 Å². The summed E-state index contributed by atoms with van der Waals surface area (Å²) in [5.41, 5.74) is -1.32. The fourth-order valence-electron chi connectivity index (χ4n) is 2.60. The third-order valence-corrected chi connectivity index (χ3v) is 5.61. The number of aryl methyl sites for hydroxylation is 1. The van der Waals surface area contributed by atoms with Crippen molar-refractivity contribution in [2.75, 3.05) is 12.4 Å². The molecule has 167 valence electrons. The lowest BCUT2D eigenvalue weighted by Gasteiger charge is -2.37. The smallest absolute Gasteiger partial charge is 0.332 e. The number of aromatic nitrogens is 2. The Bertz CT molecular complexity index is 992. The highest BCUT2D eigenvalue weighted by Gasteiger charge is 2.36. The lowest BCUT2D eigenvalue weighted by Crippen LogP contribution is -2.49. The number of pyridine rings is 2. The average molecular weight is 428 g/mol. The van der Waals surface area contributed by atoms with E-state index in [1.807, 2.05) is 0 Å². The third-order valence-electron chi connectivity index (χ3n) is 5.61. The van der Waals surface area contributed by atoms with Crippen molar-refractivity contribution in [3.63, 3.8) is 0 Å². The molecule has 8 nitrogen and oxygen atoms in total. The summed E-state index contributed by atoms with van der Waals surface area (Å²) in [6.45, 7) is 10.4. The van der Waals surface area contributed by atoms with Gasteiger partial charge in [-0.1, -0.05) is 6.07 Å². The predicted molar refractivity (Wildman–Crippen MR) is 121 cm³/mol. The summed E-state index contributed by atoms with van der Waals surface area (Å²) in [7, 11) is 4.50. The number of anilines is 2. The number of methoxy groups -OCH3 is 1. The molecular weight excluding hydrogens is 397 g/mol. The molecule has 0 aliphatic carbocycles. The van der Waals surface area contributed by atoms with E-state index in [4.69, 9.17) is 9.39 Å². The van der Waals surface area contributed by atoms with Crippen molar-refractivity contribution >= 4 is 30.4 Å². The van der Waals surface area contributed by atoms with Crippen molar-refractivity contribution in [1.29, 1.82) is 0 Å². The van der Waals surface area contributed by atoms with Gasteiger partial charge in [0.2, 0.25) is 0 Å². The van der Waals surface area contributed by atoms with Crippen LogP contribution in [0, 0.1) is 0 Å². The van der Waals surface area contributed by atoms with E-state index in [0.717, 1.165) is 0 Å². The highest BCUT2D eigenvalue weighted by atomic mass is 16.5. The number of rotatable bonds is 8. The van der Waals surface area contributed by atoms with Crippen molar-refractivity contribution in [1.82, 2.24) is 9.55 Å². The topological polar surface area (TPSA) is 103 Å². The minimum atomic E-state index is -1.06. The summed E-state index contributed by atoms with van der Waals surface area (Å²) in [6.07, 6.45) is 3.22. The molecule has 0 unspecified atom stereocenters. The molecule has 2 heterocycles. The van der Waals surface area contributed by atoms with Gasteiger partial charge in [-0.25, -0.2) is 4.98 Å². The van der Waals surface area contributed by atoms with Crippen molar-refractivity contribution in [3.05, 3.63) is 46.5 Å². The second-order valence-corrected chi connectivity index (χ2v) is 9.08. The molecule has 0 aliphatic rings. The predicted octanol–water partition coefficient (Wildman–Crippen LogP) is 1.79. The van der Waals surface area contributed by atoms with E-state index in [1.165, 1.54) is 19.2 Å². The standard InChI is InChI=1S/C22H31BN3O5/c1-20(2,19(28)30-8)14-9-10-17(24-12-14)25-16-11-15(13-26(7)18(16)27)23-31-22(5,6)21(3,4)29/h9-13,29H,1-8H3,(H,24,25). The SMILES string of the molecule is COC(=O)C(C)(C)c1ccc(Nc2cc([B]OC(C)(C)C(C)(C)O)cn(C)c2=O)nc1. The molecule has 0 atom stereocenters. The molecule has 0 spiro atoms. The maximum Gasteiger partial charge on any atom is 0.332 e. The Labute approximate surface area is 183 Å². The van der Waals surface area contributed by atoms with Crippen LogP contribution in [0.4, 0.5) is 11.5 Å². The van der Waals surface area contributed by atoms with Gasteiger partial charge in [-0.05, 0) is 64.7 Å². The van der Waals surface area contributed by atoms with Crippen LogP contribution >= 0.6 is 0 Å². The summed E-state index contributed by atoms with van der Waals surface area (Å²) in [4.78, 5) is 28.9. The molecule has 2 aromatic heterocycles. The Morgan fingerprint density at radius 1 is 1.19 bits per heavy atom. The van der Waals surface area contributed by atoms with Crippen molar-refractivity contribution in [3.8, 4) is 0 Å². The molecule has 0 saturated carbocycles. The number of nitrogens with zero attached hydrogens (tertiary/aromatic N) is 2. The third kappa shape index (κ3) is 5.54. The summed E-state index contributed by atoms with van der Waals surface area (Å²) in [5, 5.41) is 13.3. The van der Waals surface area contributed by atoms with E-state index in [2.05, 4.69) is 10.3 Å². The second-order valence-electron chi connectivity index (χ2n) is 9.08. The van der Waals surface area contributed by atoms with Gasteiger partial charge in [-0.3, -0.25) is 9.59 Å². The molecule has 0 aliphatic heterocycles. The van der Waals surface area contributed by atoms with Crippen molar-refractivity contribution in [2.45, 2.75) is 58.2 Å². The van der Waals surface area contributed by atoms with Crippen LogP contribution in [0.2, 0.25) is 0 Å². The van der Waals surface area contributed by atoms with Crippen LogP contribution in [0.3, 0.4) is 0 Å². The van der Waals surface area contributed by atoms with Gasteiger partial charge < -0.3 is 24.4 Å². The number of esters is 1. The zero-order valence-corrected chi connectivity index (χ0v) is 19.4. The van der Waals surface area contributed by atoms with Gasteiger partial charge in [0.25, 0.3) is 5.56 Å². The number of carbonyl (C=O) groups excluding carboxylic acids is 1. The molecule has 2 N–H and O–H groups in total. The van der Waals surface area contributed by atoms with Gasteiger partial charge >= 0.3 is 13.5 Å². The quantitative estimate of drug-likeness (QED) is 0.488. The summed E-state index contributed by atoms with van der Waals surface area (Å²) >= 11 is 0. The number of aliphatic hydroxyl groups is 1. The van der Waals surface area contributed by atoms with Crippen LogP contribution in [-0.2, 0) is 26.6 Å². The average Bonchev–Trinajstić information content (AvgIpc) is 2.68. The Hall–Kier alpha value is -2.65. The zero-order chi connectivity index (χ0) is 23.6.